The highest BCUT2D eigenvalue weighted by atomic mass is 32.1. The number of carboxylic acid groups (broad SMARTS) is 1. The Kier molecular flexibility index (Phi) is 8.65. The Hall–Kier alpha value is -4.87. The molecule has 0 bridgehead atoms. The highest BCUT2D eigenvalue weighted by Gasteiger charge is 2.18. The second-order valence-corrected chi connectivity index (χ2v) is 11.7. The summed E-state index contributed by atoms with van der Waals surface area (Å²) in [5, 5.41) is 28.7. The number of nitrogens with one attached hydrogen (secondary N) is 2. The zero-order chi connectivity index (χ0) is 30.6. The number of aliphatic carboxylic acids is 1. The predicted molar refractivity (Wildman–Crippen MR) is 166 cm³/mol. The molecule has 1 aliphatic rings. The molecule has 0 radical (unpaired) electrons. The SMILES string of the molecule is CC(C)(O)CCN1C=c2cc(NC(=O)c3csc(-c4cccnc4)n3)c(-c3ccc(C(=O)NCC(=O)O)cc3)cc2=CC1. The summed E-state index contributed by atoms with van der Waals surface area (Å²) >= 11 is 1.36. The van der Waals surface area contributed by atoms with Gasteiger partial charge in [0.15, 0.2) is 0 Å². The molecule has 0 atom stereocenters. The van der Waals surface area contributed by atoms with Gasteiger partial charge >= 0.3 is 5.97 Å². The van der Waals surface area contributed by atoms with Gasteiger partial charge in [0, 0.05) is 59.4 Å². The fourth-order valence-electron chi connectivity index (χ4n) is 4.55. The summed E-state index contributed by atoms with van der Waals surface area (Å²) in [6, 6.07) is 14.4. The molecule has 0 unspecified atom stereocenters. The summed E-state index contributed by atoms with van der Waals surface area (Å²) in [7, 11) is 0. The van der Waals surface area contributed by atoms with Crippen LogP contribution < -0.4 is 21.1 Å². The summed E-state index contributed by atoms with van der Waals surface area (Å²) in [5.41, 5.74) is 2.72. The molecule has 0 spiro atoms. The Bertz CT molecular complexity index is 1780. The minimum absolute atomic E-state index is 0.278. The molecule has 10 nitrogen and oxygen atoms in total. The van der Waals surface area contributed by atoms with Gasteiger partial charge in [-0.15, -0.1) is 11.3 Å². The topological polar surface area (TPSA) is 145 Å². The second kappa shape index (κ2) is 12.6. The van der Waals surface area contributed by atoms with Crippen LogP contribution in [0.25, 0.3) is 34.0 Å². The highest BCUT2D eigenvalue weighted by Crippen LogP contribution is 2.28. The van der Waals surface area contributed by atoms with Crippen LogP contribution in [0.3, 0.4) is 0 Å². The van der Waals surface area contributed by atoms with E-state index in [9.17, 15) is 19.5 Å². The van der Waals surface area contributed by atoms with Gasteiger partial charge in [0.2, 0.25) is 0 Å². The van der Waals surface area contributed by atoms with Gasteiger partial charge in [-0.25, -0.2) is 4.98 Å². The van der Waals surface area contributed by atoms with Crippen LogP contribution >= 0.6 is 11.3 Å². The first kappa shape index (κ1) is 29.6. The van der Waals surface area contributed by atoms with Crippen molar-refractivity contribution in [1.29, 1.82) is 0 Å². The van der Waals surface area contributed by atoms with E-state index in [4.69, 9.17) is 5.11 Å². The number of nitrogens with zero attached hydrogens (tertiary/aromatic N) is 3. The molecule has 43 heavy (non-hydrogen) atoms. The van der Waals surface area contributed by atoms with Gasteiger partial charge in [-0.1, -0.05) is 18.2 Å². The quantitative estimate of drug-likeness (QED) is 0.218. The summed E-state index contributed by atoms with van der Waals surface area (Å²) in [6.07, 6.45) is 8.11. The molecular weight excluding hydrogens is 566 g/mol. The molecular formula is C32H31N5O5S. The first-order chi connectivity index (χ1) is 20.6. The monoisotopic (exact) mass is 597 g/mol. The van der Waals surface area contributed by atoms with Gasteiger partial charge < -0.3 is 25.7 Å². The number of benzene rings is 2. The average Bonchev–Trinajstić information content (AvgIpc) is 3.49. The largest absolute Gasteiger partial charge is 0.480 e. The third-order valence-corrected chi connectivity index (χ3v) is 7.74. The summed E-state index contributed by atoms with van der Waals surface area (Å²) in [4.78, 5) is 47.3. The number of hydrogen-bond acceptors (Lipinski definition) is 8. The van der Waals surface area contributed by atoms with E-state index in [1.807, 2.05) is 30.5 Å². The molecule has 0 aliphatic carbocycles. The lowest BCUT2D eigenvalue weighted by atomic mass is 9.98. The molecule has 4 aromatic rings. The van der Waals surface area contributed by atoms with Crippen LogP contribution in [0.1, 0.15) is 41.1 Å². The van der Waals surface area contributed by atoms with E-state index >= 15 is 0 Å². The van der Waals surface area contributed by atoms with Crippen molar-refractivity contribution in [3.63, 3.8) is 0 Å². The van der Waals surface area contributed by atoms with E-state index in [1.54, 1.807) is 55.9 Å². The van der Waals surface area contributed by atoms with Gasteiger partial charge in [0.25, 0.3) is 11.8 Å². The van der Waals surface area contributed by atoms with Crippen molar-refractivity contribution in [1.82, 2.24) is 20.2 Å². The van der Waals surface area contributed by atoms with E-state index in [0.29, 0.717) is 35.8 Å². The number of fused-ring (bicyclic) bond motifs is 1. The number of thiazole rings is 1. The summed E-state index contributed by atoms with van der Waals surface area (Å²) in [5.74, 6) is -1.98. The summed E-state index contributed by atoms with van der Waals surface area (Å²) in [6.45, 7) is 4.44. The van der Waals surface area contributed by atoms with Gasteiger partial charge in [-0.05, 0) is 72.7 Å². The zero-order valence-electron chi connectivity index (χ0n) is 23.7. The number of aromatic nitrogens is 2. The number of hydrogen-bond donors (Lipinski definition) is 4. The maximum atomic E-state index is 13.4. The molecule has 2 aromatic heterocycles. The third-order valence-electron chi connectivity index (χ3n) is 6.85. The van der Waals surface area contributed by atoms with Crippen molar-refractivity contribution in [3.8, 4) is 21.7 Å². The molecule has 1 aliphatic heterocycles. The van der Waals surface area contributed by atoms with Gasteiger partial charge in [0.1, 0.15) is 17.2 Å². The minimum Gasteiger partial charge on any atom is -0.480 e. The normalized spacial score (nSPS) is 12.5. The highest BCUT2D eigenvalue weighted by molar-refractivity contribution is 7.13. The molecule has 3 heterocycles. The van der Waals surface area contributed by atoms with Crippen LogP contribution in [-0.2, 0) is 4.79 Å². The number of aliphatic hydroxyl groups is 1. The Morgan fingerprint density at radius 3 is 2.53 bits per heavy atom. The fourth-order valence-corrected chi connectivity index (χ4v) is 5.34. The van der Waals surface area contributed by atoms with Crippen molar-refractivity contribution in [2.75, 3.05) is 25.0 Å². The van der Waals surface area contributed by atoms with Crippen LogP contribution in [0.5, 0.6) is 0 Å². The predicted octanol–water partition coefficient (Wildman–Crippen LogP) is 2.93. The van der Waals surface area contributed by atoms with Crippen LogP contribution in [0.15, 0.2) is 66.3 Å². The number of anilines is 1. The van der Waals surface area contributed by atoms with Crippen LogP contribution in [0.2, 0.25) is 0 Å². The lowest BCUT2D eigenvalue weighted by Gasteiger charge is -2.26. The molecule has 4 N–H and O–H groups in total. The Morgan fingerprint density at radius 2 is 1.84 bits per heavy atom. The molecule has 0 fully saturated rings. The van der Waals surface area contributed by atoms with Gasteiger partial charge in [-0.2, -0.15) is 0 Å². The smallest absolute Gasteiger partial charge is 0.322 e. The molecule has 0 saturated heterocycles. The number of carbonyl (C=O) groups is 3. The van der Waals surface area contributed by atoms with Crippen LogP contribution in [0, 0.1) is 0 Å². The van der Waals surface area contributed by atoms with Crippen molar-refractivity contribution >= 4 is 47.1 Å². The van der Waals surface area contributed by atoms with Crippen LogP contribution in [-0.4, -0.2) is 68.1 Å². The van der Waals surface area contributed by atoms with Crippen molar-refractivity contribution in [2.24, 2.45) is 0 Å². The number of carbonyl (C=O) groups excluding carboxylic acids is 2. The van der Waals surface area contributed by atoms with E-state index < -0.39 is 24.0 Å². The van der Waals surface area contributed by atoms with E-state index in [2.05, 4.69) is 31.6 Å². The average molecular weight is 598 g/mol. The number of amides is 2. The van der Waals surface area contributed by atoms with E-state index in [-0.39, 0.29) is 11.6 Å². The Balaban J connectivity index is 1.48. The molecule has 2 amide bonds. The van der Waals surface area contributed by atoms with Crippen molar-refractivity contribution in [3.05, 3.63) is 88.0 Å². The molecule has 5 rings (SSSR count). The standard InChI is InChI=1S/C32H31N5O5S/c1-32(2,42)10-13-37-12-9-22-14-25(20-5-7-21(8-6-20)29(40)34-17-28(38)39)26(15-24(22)18-37)35-30(41)27-19-43-31(36-27)23-4-3-11-33-16-23/h3-9,11,14-16,18-19,42H,10,12-13,17H2,1-2H3,(H,34,40)(H,35,41)(H,38,39). The van der Waals surface area contributed by atoms with E-state index in [0.717, 1.165) is 27.1 Å². The van der Waals surface area contributed by atoms with Gasteiger partial charge in [-0.3, -0.25) is 19.4 Å². The summed E-state index contributed by atoms with van der Waals surface area (Å²) < 4.78 is 0. The zero-order valence-corrected chi connectivity index (χ0v) is 24.5. The van der Waals surface area contributed by atoms with Gasteiger partial charge in [0.05, 0.1) is 5.60 Å². The number of rotatable bonds is 10. The third kappa shape index (κ3) is 7.51. The molecule has 220 valence electrons. The first-order valence-corrected chi connectivity index (χ1v) is 14.5. The second-order valence-electron chi connectivity index (χ2n) is 10.8. The first-order valence-electron chi connectivity index (χ1n) is 13.7. The number of carboxylic acids is 1. The van der Waals surface area contributed by atoms with E-state index in [1.165, 1.54) is 11.3 Å². The lowest BCUT2D eigenvalue weighted by Crippen LogP contribution is -2.38. The Labute approximate surface area is 252 Å². The van der Waals surface area contributed by atoms with Crippen LogP contribution in [0.4, 0.5) is 5.69 Å². The molecule has 11 heteroatoms. The van der Waals surface area contributed by atoms with Crippen molar-refractivity contribution < 1.29 is 24.6 Å². The van der Waals surface area contributed by atoms with Crippen molar-refractivity contribution in [2.45, 2.75) is 25.9 Å². The maximum Gasteiger partial charge on any atom is 0.322 e. The maximum absolute atomic E-state index is 13.4. The Morgan fingerprint density at radius 1 is 1.05 bits per heavy atom. The molecule has 0 saturated carbocycles. The lowest BCUT2D eigenvalue weighted by molar-refractivity contribution is -0.135. The fraction of sp³-hybridized carbons (Fsp3) is 0.219. The number of pyridine rings is 1. The minimum atomic E-state index is -1.13. The molecule has 2 aromatic carbocycles.